The van der Waals surface area contributed by atoms with E-state index in [9.17, 15) is 0 Å². The van der Waals surface area contributed by atoms with Crippen LogP contribution in [0.3, 0.4) is 0 Å². The van der Waals surface area contributed by atoms with E-state index in [1.165, 1.54) is 0 Å². The molecule has 0 aliphatic rings. The topological polar surface area (TPSA) is 59.9 Å². The average molecular weight is 306 g/mol. The standard InChI is InChI=1S/C18H18N4O/c1-23-11-10-20-17-12-16(15-8-5-9-19-13-15)21-18(22-17)14-6-3-2-4-7-14/h2-9,12-13H,10-11H2,1H3,(H,20,21,22). The fraction of sp³-hybridized carbons (Fsp3) is 0.167. The lowest BCUT2D eigenvalue weighted by Crippen LogP contribution is -2.09. The third kappa shape index (κ3) is 3.90. The number of nitrogens with zero attached hydrogens (tertiary/aromatic N) is 3. The SMILES string of the molecule is COCCNc1cc(-c2cccnc2)nc(-c2ccccc2)n1. The second-order valence-corrected chi connectivity index (χ2v) is 4.99. The molecule has 0 aliphatic heterocycles. The van der Waals surface area contributed by atoms with Gasteiger partial charge in [0.1, 0.15) is 5.82 Å². The molecule has 0 aliphatic carbocycles. The van der Waals surface area contributed by atoms with Crippen molar-refractivity contribution in [2.24, 2.45) is 0 Å². The molecular weight excluding hydrogens is 288 g/mol. The number of methoxy groups -OCH3 is 1. The van der Waals surface area contributed by atoms with Crippen LogP contribution >= 0.6 is 0 Å². The Bertz CT molecular complexity index is 690. The van der Waals surface area contributed by atoms with Gasteiger partial charge < -0.3 is 10.1 Å². The number of rotatable bonds is 6. The van der Waals surface area contributed by atoms with Crippen LogP contribution in [0, 0.1) is 0 Å². The molecule has 5 nitrogen and oxygen atoms in total. The summed E-state index contributed by atoms with van der Waals surface area (Å²) in [6.07, 6.45) is 3.55. The van der Waals surface area contributed by atoms with E-state index in [0.29, 0.717) is 19.0 Å². The lowest BCUT2D eigenvalue weighted by molar-refractivity contribution is 0.210. The van der Waals surface area contributed by atoms with Crippen LogP contribution in [-0.4, -0.2) is 35.2 Å². The Labute approximate surface area is 135 Å². The van der Waals surface area contributed by atoms with Crippen molar-refractivity contribution in [3.05, 3.63) is 60.9 Å². The molecule has 0 radical (unpaired) electrons. The molecule has 1 aromatic carbocycles. The summed E-state index contributed by atoms with van der Waals surface area (Å²) >= 11 is 0. The highest BCUT2D eigenvalue weighted by atomic mass is 16.5. The minimum absolute atomic E-state index is 0.618. The number of hydrogen-bond acceptors (Lipinski definition) is 5. The van der Waals surface area contributed by atoms with Gasteiger partial charge in [-0.2, -0.15) is 0 Å². The zero-order valence-corrected chi connectivity index (χ0v) is 12.9. The summed E-state index contributed by atoms with van der Waals surface area (Å²) in [4.78, 5) is 13.5. The monoisotopic (exact) mass is 306 g/mol. The van der Waals surface area contributed by atoms with E-state index in [1.54, 1.807) is 19.5 Å². The number of ether oxygens (including phenoxy) is 1. The van der Waals surface area contributed by atoms with Gasteiger partial charge in [-0.25, -0.2) is 9.97 Å². The van der Waals surface area contributed by atoms with Crippen LogP contribution in [0.15, 0.2) is 60.9 Å². The predicted molar refractivity (Wildman–Crippen MR) is 91.1 cm³/mol. The normalized spacial score (nSPS) is 10.5. The average Bonchev–Trinajstić information content (AvgIpc) is 2.63. The molecule has 0 saturated carbocycles. The molecule has 0 bridgehead atoms. The summed E-state index contributed by atoms with van der Waals surface area (Å²) in [6, 6.07) is 15.8. The Balaban J connectivity index is 2.00. The summed E-state index contributed by atoms with van der Waals surface area (Å²) in [5.41, 5.74) is 2.78. The number of aromatic nitrogens is 3. The van der Waals surface area contributed by atoms with Gasteiger partial charge in [0.05, 0.1) is 12.3 Å². The van der Waals surface area contributed by atoms with E-state index in [-0.39, 0.29) is 0 Å². The van der Waals surface area contributed by atoms with E-state index >= 15 is 0 Å². The summed E-state index contributed by atoms with van der Waals surface area (Å²) < 4.78 is 5.08. The van der Waals surface area contributed by atoms with Gasteiger partial charge in [-0.05, 0) is 12.1 Å². The maximum Gasteiger partial charge on any atom is 0.162 e. The number of nitrogens with one attached hydrogen (secondary N) is 1. The second kappa shape index (κ2) is 7.47. The smallest absolute Gasteiger partial charge is 0.162 e. The molecule has 2 aromatic heterocycles. The van der Waals surface area contributed by atoms with E-state index < -0.39 is 0 Å². The Morgan fingerprint density at radius 3 is 2.57 bits per heavy atom. The fourth-order valence-corrected chi connectivity index (χ4v) is 2.20. The van der Waals surface area contributed by atoms with Crippen LogP contribution in [0.2, 0.25) is 0 Å². The van der Waals surface area contributed by atoms with Crippen molar-refractivity contribution < 1.29 is 4.74 Å². The number of anilines is 1. The zero-order valence-electron chi connectivity index (χ0n) is 12.9. The third-order valence-corrected chi connectivity index (χ3v) is 3.33. The molecule has 2 heterocycles. The second-order valence-electron chi connectivity index (χ2n) is 4.99. The molecule has 0 spiro atoms. The quantitative estimate of drug-likeness (QED) is 0.708. The highest BCUT2D eigenvalue weighted by Crippen LogP contribution is 2.23. The minimum atomic E-state index is 0.618. The van der Waals surface area contributed by atoms with E-state index in [2.05, 4.69) is 20.3 Å². The molecule has 1 N–H and O–H groups in total. The van der Waals surface area contributed by atoms with Crippen molar-refractivity contribution in [2.45, 2.75) is 0 Å². The zero-order chi connectivity index (χ0) is 15.9. The molecular formula is C18H18N4O. The van der Waals surface area contributed by atoms with Crippen LogP contribution in [0.5, 0.6) is 0 Å². The Morgan fingerprint density at radius 1 is 1.00 bits per heavy atom. The van der Waals surface area contributed by atoms with Crippen LogP contribution in [0.4, 0.5) is 5.82 Å². The highest BCUT2D eigenvalue weighted by molar-refractivity contribution is 5.66. The summed E-state index contributed by atoms with van der Waals surface area (Å²) in [6.45, 7) is 1.31. The lowest BCUT2D eigenvalue weighted by Gasteiger charge is -2.10. The maximum absolute atomic E-state index is 5.08. The molecule has 116 valence electrons. The van der Waals surface area contributed by atoms with Crippen molar-refractivity contribution in [3.8, 4) is 22.6 Å². The molecule has 23 heavy (non-hydrogen) atoms. The van der Waals surface area contributed by atoms with Gasteiger partial charge in [0, 0.05) is 43.2 Å². The van der Waals surface area contributed by atoms with Gasteiger partial charge in [-0.1, -0.05) is 30.3 Å². The van der Waals surface area contributed by atoms with Gasteiger partial charge >= 0.3 is 0 Å². The summed E-state index contributed by atoms with van der Waals surface area (Å²) in [7, 11) is 1.68. The molecule has 3 aromatic rings. The van der Waals surface area contributed by atoms with Crippen LogP contribution in [0.1, 0.15) is 0 Å². The molecule has 0 atom stereocenters. The first-order valence-electron chi connectivity index (χ1n) is 7.44. The van der Waals surface area contributed by atoms with Crippen molar-refractivity contribution in [3.63, 3.8) is 0 Å². The Kier molecular flexibility index (Phi) is 4.91. The van der Waals surface area contributed by atoms with Gasteiger partial charge in [0.2, 0.25) is 0 Å². The first kappa shape index (κ1) is 15.1. The van der Waals surface area contributed by atoms with E-state index in [1.807, 2.05) is 48.5 Å². The molecule has 0 unspecified atom stereocenters. The minimum Gasteiger partial charge on any atom is -0.383 e. The molecule has 5 heteroatoms. The van der Waals surface area contributed by atoms with Crippen LogP contribution in [0.25, 0.3) is 22.6 Å². The third-order valence-electron chi connectivity index (χ3n) is 3.33. The lowest BCUT2D eigenvalue weighted by atomic mass is 10.1. The Morgan fingerprint density at radius 2 is 1.83 bits per heavy atom. The highest BCUT2D eigenvalue weighted by Gasteiger charge is 2.08. The van der Waals surface area contributed by atoms with Crippen molar-refractivity contribution in [1.29, 1.82) is 0 Å². The van der Waals surface area contributed by atoms with Gasteiger partial charge in [0.15, 0.2) is 5.82 Å². The van der Waals surface area contributed by atoms with Crippen LogP contribution < -0.4 is 5.32 Å². The van der Waals surface area contributed by atoms with Crippen molar-refractivity contribution in [2.75, 3.05) is 25.6 Å². The summed E-state index contributed by atoms with van der Waals surface area (Å²) in [5, 5.41) is 3.27. The number of benzene rings is 1. The Hall–Kier alpha value is -2.79. The number of hydrogen-bond donors (Lipinski definition) is 1. The first-order chi connectivity index (χ1) is 11.4. The van der Waals surface area contributed by atoms with Crippen molar-refractivity contribution in [1.82, 2.24) is 15.0 Å². The van der Waals surface area contributed by atoms with E-state index in [0.717, 1.165) is 22.6 Å². The van der Waals surface area contributed by atoms with Gasteiger partial charge in [-0.3, -0.25) is 4.98 Å². The summed E-state index contributed by atoms with van der Waals surface area (Å²) in [5.74, 6) is 1.46. The van der Waals surface area contributed by atoms with Crippen LogP contribution in [-0.2, 0) is 4.74 Å². The number of pyridine rings is 1. The molecule has 0 amide bonds. The van der Waals surface area contributed by atoms with Gasteiger partial charge in [0.25, 0.3) is 0 Å². The molecule has 3 rings (SSSR count). The van der Waals surface area contributed by atoms with E-state index in [4.69, 9.17) is 4.74 Å². The molecule has 0 saturated heterocycles. The molecule has 0 fully saturated rings. The fourth-order valence-electron chi connectivity index (χ4n) is 2.20. The first-order valence-corrected chi connectivity index (χ1v) is 7.44. The largest absolute Gasteiger partial charge is 0.383 e. The van der Waals surface area contributed by atoms with Crippen molar-refractivity contribution >= 4 is 5.82 Å². The van der Waals surface area contributed by atoms with Gasteiger partial charge in [-0.15, -0.1) is 0 Å². The maximum atomic E-state index is 5.08. The predicted octanol–water partition coefficient (Wildman–Crippen LogP) is 3.26.